The molecule has 0 aliphatic heterocycles. The molecule has 3 rings (SSSR count). The van der Waals surface area contributed by atoms with Crippen LogP contribution in [0.4, 0.5) is 0 Å². The van der Waals surface area contributed by atoms with Crippen molar-refractivity contribution in [1.82, 2.24) is 0 Å². The van der Waals surface area contributed by atoms with E-state index >= 15 is 0 Å². The lowest BCUT2D eigenvalue weighted by molar-refractivity contribution is -0.151. The van der Waals surface area contributed by atoms with Gasteiger partial charge in [0.05, 0.1) is 6.61 Å². The molecule has 0 amide bonds. The average molecular weight is 405 g/mol. The number of carbonyl (C=O) groups is 2. The molecule has 2 unspecified atom stereocenters. The zero-order chi connectivity index (χ0) is 17.1. The lowest BCUT2D eigenvalue weighted by Gasteiger charge is -2.29. The molecule has 24 heavy (non-hydrogen) atoms. The summed E-state index contributed by atoms with van der Waals surface area (Å²) in [6.07, 6.45) is 2.26. The van der Waals surface area contributed by atoms with Gasteiger partial charge in [0.2, 0.25) is 0 Å². The van der Waals surface area contributed by atoms with E-state index in [0.29, 0.717) is 6.42 Å². The van der Waals surface area contributed by atoms with Gasteiger partial charge in [0.15, 0.2) is 5.78 Å². The van der Waals surface area contributed by atoms with Crippen LogP contribution in [0.2, 0.25) is 0 Å². The van der Waals surface area contributed by atoms with Crippen molar-refractivity contribution < 1.29 is 14.3 Å². The quantitative estimate of drug-likeness (QED) is 0.541. The van der Waals surface area contributed by atoms with Crippen molar-refractivity contribution >= 4 is 44.6 Å². The first-order valence-corrected chi connectivity index (χ1v) is 9.47. The first-order chi connectivity index (χ1) is 11.6. The standard InChI is InChI=1S/C19H17BrO3S/c1-2-23-19(22)18-15(12-5-7-14(20)8-6-12)10-13(11-16(18)21)17-4-3-9-24-17/h3-9,11,15,18H,2,10H2,1H3. The van der Waals surface area contributed by atoms with E-state index in [1.807, 2.05) is 41.8 Å². The highest BCUT2D eigenvalue weighted by Gasteiger charge is 2.39. The van der Waals surface area contributed by atoms with E-state index in [1.54, 1.807) is 24.3 Å². The Balaban J connectivity index is 2.00. The number of ether oxygens (including phenoxy) is 1. The van der Waals surface area contributed by atoms with Crippen LogP contribution in [-0.2, 0) is 14.3 Å². The van der Waals surface area contributed by atoms with E-state index < -0.39 is 11.9 Å². The van der Waals surface area contributed by atoms with Crippen LogP contribution < -0.4 is 0 Å². The molecule has 0 radical (unpaired) electrons. The molecule has 1 heterocycles. The summed E-state index contributed by atoms with van der Waals surface area (Å²) >= 11 is 5.03. The topological polar surface area (TPSA) is 43.4 Å². The second kappa shape index (κ2) is 7.45. The minimum atomic E-state index is -0.769. The Bertz CT molecular complexity index is 762. The van der Waals surface area contributed by atoms with Crippen molar-refractivity contribution in [2.75, 3.05) is 6.61 Å². The van der Waals surface area contributed by atoms with E-state index in [0.717, 1.165) is 20.5 Å². The van der Waals surface area contributed by atoms with Gasteiger partial charge in [-0.1, -0.05) is 34.1 Å². The van der Waals surface area contributed by atoms with Crippen LogP contribution in [0.5, 0.6) is 0 Å². The fourth-order valence-electron chi connectivity index (χ4n) is 3.04. The minimum absolute atomic E-state index is 0.170. The summed E-state index contributed by atoms with van der Waals surface area (Å²) in [6, 6.07) is 11.8. The van der Waals surface area contributed by atoms with Gasteiger partial charge in [0.25, 0.3) is 0 Å². The molecule has 0 saturated heterocycles. The third kappa shape index (κ3) is 3.52. The predicted octanol–water partition coefficient (Wildman–Crippen LogP) is 4.83. The molecular weight excluding hydrogens is 388 g/mol. The van der Waals surface area contributed by atoms with Gasteiger partial charge in [-0.05, 0) is 54.1 Å². The van der Waals surface area contributed by atoms with Crippen LogP contribution in [0.15, 0.2) is 52.3 Å². The Kier molecular flexibility index (Phi) is 5.31. The number of thiophene rings is 1. The van der Waals surface area contributed by atoms with Crippen LogP contribution >= 0.6 is 27.3 Å². The second-order valence-electron chi connectivity index (χ2n) is 5.64. The first kappa shape index (κ1) is 17.1. The highest BCUT2D eigenvalue weighted by molar-refractivity contribution is 9.10. The average Bonchev–Trinajstić information content (AvgIpc) is 3.09. The Morgan fingerprint density at radius 2 is 2.04 bits per heavy atom. The number of hydrogen-bond donors (Lipinski definition) is 0. The highest BCUT2D eigenvalue weighted by Crippen LogP contribution is 2.41. The lowest BCUT2D eigenvalue weighted by atomic mass is 9.74. The summed E-state index contributed by atoms with van der Waals surface area (Å²) in [7, 11) is 0. The van der Waals surface area contributed by atoms with Gasteiger partial charge < -0.3 is 4.74 Å². The molecule has 0 saturated carbocycles. The third-order valence-electron chi connectivity index (χ3n) is 4.14. The van der Waals surface area contributed by atoms with Crippen molar-refractivity contribution in [3.8, 4) is 0 Å². The molecule has 1 aromatic carbocycles. The van der Waals surface area contributed by atoms with E-state index in [2.05, 4.69) is 15.9 Å². The van der Waals surface area contributed by atoms with E-state index in [9.17, 15) is 9.59 Å². The van der Waals surface area contributed by atoms with Crippen molar-refractivity contribution in [3.05, 3.63) is 62.8 Å². The van der Waals surface area contributed by atoms with Crippen LogP contribution in [0.3, 0.4) is 0 Å². The molecule has 3 nitrogen and oxygen atoms in total. The number of esters is 1. The van der Waals surface area contributed by atoms with E-state index in [-0.39, 0.29) is 18.3 Å². The van der Waals surface area contributed by atoms with Gasteiger partial charge in [-0.3, -0.25) is 9.59 Å². The number of allylic oxidation sites excluding steroid dienone is 2. The largest absolute Gasteiger partial charge is 0.465 e. The van der Waals surface area contributed by atoms with Gasteiger partial charge >= 0.3 is 5.97 Å². The smallest absolute Gasteiger partial charge is 0.317 e. The zero-order valence-electron chi connectivity index (χ0n) is 13.2. The Morgan fingerprint density at radius 3 is 2.67 bits per heavy atom. The van der Waals surface area contributed by atoms with Gasteiger partial charge in [-0.15, -0.1) is 11.3 Å². The van der Waals surface area contributed by atoms with Crippen molar-refractivity contribution in [2.24, 2.45) is 5.92 Å². The summed E-state index contributed by atoms with van der Waals surface area (Å²) in [5.74, 6) is -1.57. The van der Waals surface area contributed by atoms with Gasteiger partial charge in [0.1, 0.15) is 5.92 Å². The molecule has 0 bridgehead atoms. The zero-order valence-corrected chi connectivity index (χ0v) is 15.6. The molecule has 124 valence electrons. The number of carbonyl (C=O) groups excluding carboxylic acids is 2. The molecule has 1 aromatic heterocycles. The monoisotopic (exact) mass is 404 g/mol. The maximum Gasteiger partial charge on any atom is 0.317 e. The molecule has 0 N–H and O–H groups in total. The highest BCUT2D eigenvalue weighted by atomic mass is 79.9. The van der Waals surface area contributed by atoms with Crippen molar-refractivity contribution in [1.29, 1.82) is 0 Å². The number of benzene rings is 1. The maximum absolute atomic E-state index is 12.7. The summed E-state index contributed by atoms with van der Waals surface area (Å²) in [6.45, 7) is 2.03. The summed E-state index contributed by atoms with van der Waals surface area (Å²) in [5.41, 5.74) is 1.97. The fourth-order valence-corrected chi connectivity index (χ4v) is 4.06. The number of ketones is 1. The fraction of sp³-hybridized carbons (Fsp3) is 0.263. The molecular formula is C19H17BrO3S. The number of hydrogen-bond acceptors (Lipinski definition) is 4. The Hall–Kier alpha value is -1.72. The molecule has 2 atom stereocenters. The predicted molar refractivity (Wildman–Crippen MR) is 98.9 cm³/mol. The lowest BCUT2D eigenvalue weighted by Crippen LogP contribution is -2.33. The van der Waals surface area contributed by atoms with Crippen molar-refractivity contribution in [3.63, 3.8) is 0 Å². The second-order valence-corrected chi connectivity index (χ2v) is 7.50. The maximum atomic E-state index is 12.7. The first-order valence-electron chi connectivity index (χ1n) is 7.80. The molecule has 0 fully saturated rings. The minimum Gasteiger partial charge on any atom is -0.465 e. The Labute approximate surface area is 153 Å². The molecule has 5 heteroatoms. The van der Waals surface area contributed by atoms with Gasteiger partial charge in [0, 0.05) is 15.3 Å². The number of rotatable bonds is 4. The van der Waals surface area contributed by atoms with Crippen LogP contribution in [0.25, 0.3) is 5.57 Å². The van der Waals surface area contributed by atoms with Crippen LogP contribution in [-0.4, -0.2) is 18.4 Å². The van der Waals surface area contributed by atoms with Crippen LogP contribution in [0.1, 0.15) is 29.7 Å². The summed E-state index contributed by atoms with van der Waals surface area (Å²) in [5, 5.41) is 1.99. The van der Waals surface area contributed by atoms with E-state index in [4.69, 9.17) is 4.74 Å². The van der Waals surface area contributed by atoms with Gasteiger partial charge in [-0.2, -0.15) is 0 Å². The summed E-state index contributed by atoms with van der Waals surface area (Å²) in [4.78, 5) is 26.1. The normalized spacial score (nSPS) is 20.6. The molecule has 2 aromatic rings. The molecule has 0 spiro atoms. The Morgan fingerprint density at radius 1 is 1.29 bits per heavy atom. The van der Waals surface area contributed by atoms with Crippen LogP contribution in [0, 0.1) is 5.92 Å². The summed E-state index contributed by atoms with van der Waals surface area (Å²) < 4.78 is 6.13. The SMILES string of the molecule is CCOC(=O)C1C(=O)C=C(c2cccs2)CC1c1ccc(Br)cc1. The number of halogens is 1. The van der Waals surface area contributed by atoms with E-state index in [1.165, 1.54) is 0 Å². The third-order valence-corrected chi connectivity index (χ3v) is 5.62. The molecule has 1 aliphatic carbocycles. The molecule has 1 aliphatic rings. The van der Waals surface area contributed by atoms with Crippen molar-refractivity contribution in [2.45, 2.75) is 19.3 Å². The van der Waals surface area contributed by atoms with Gasteiger partial charge in [-0.25, -0.2) is 0 Å².